The summed E-state index contributed by atoms with van der Waals surface area (Å²) in [5, 5.41) is 8.87. The highest BCUT2D eigenvalue weighted by Gasteiger charge is 2.36. The predicted molar refractivity (Wildman–Crippen MR) is 118 cm³/mol. The fourth-order valence-corrected chi connectivity index (χ4v) is 3.14. The number of nitrogens with two attached hydrogens (primary N) is 1. The minimum atomic E-state index is -4.74. The smallest absolute Gasteiger partial charge is 0.435 e. The normalized spacial score (nSPS) is 12.2. The molecular weight excluding hydrogens is 451 g/mol. The molecule has 4 N–H and O–H groups in total. The minimum absolute atomic E-state index is 0.0404. The van der Waals surface area contributed by atoms with Gasteiger partial charge in [-0.2, -0.15) is 18.3 Å². The van der Waals surface area contributed by atoms with Gasteiger partial charge in [-0.1, -0.05) is 30.3 Å². The predicted octanol–water partition coefficient (Wildman–Crippen LogP) is 2.79. The van der Waals surface area contributed by atoms with Crippen LogP contribution in [0.2, 0.25) is 0 Å². The first-order valence-electron chi connectivity index (χ1n) is 10.3. The number of carbonyl (C=O) groups excluding carboxylic acids is 2. The lowest BCUT2D eigenvalue weighted by Gasteiger charge is -2.12. The van der Waals surface area contributed by atoms with E-state index < -0.39 is 23.8 Å². The molecule has 0 saturated carbocycles. The number of hydrogen-bond acceptors (Lipinski definition) is 5. The van der Waals surface area contributed by atoms with Gasteiger partial charge in [-0.15, -0.1) is 0 Å². The van der Waals surface area contributed by atoms with Gasteiger partial charge in [0.2, 0.25) is 5.91 Å². The molecule has 1 heterocycles. The molecule has 0 bridgehead atoms. The summed E-state index contributed by atoms with van der Waals surface area (Å²) in [6, 6.07) is 13.3. The van der Waals surface area contributed by atoms with Crippen LogP contribution in [0.4, 0.5) is 13.2 Å². The monoisotopic (exact) mass is 475 g/mol. The molecule has 0 saturated heterocycles. The van der Waals surface area contributed by atoms with Crippen LogP contribution in [-0.2, 0) is 24.1 Å². The number of amides is 2. The van der Waals surface area contributed by atoms with Crippen LogP contribution in [0, 0.1) is 0 Å². The van der Waals surface area contributed by atoms with Gasteiger partial charge in [0.15, 0.2) is 5.69 Å². The molecule has 1 atom stereocenters. The Balaban J connectivity index is 1.89. The Hall–Kier alpha value is -3.86. The molecule has 0 radical (unpaired) electrons. The van der Waals surface area contributed by atoms with Crippen LogP contribution in [0.25, 0.3) is 5.69 Å². The van der Waals surface area contributed by atoms with Gasteiger partial charge >= 0.3 is 6.18 Å². The van der Waals surface area contributed by atoms with E-state index >= 15 is 0 Å². The zero-order chi connectivity index (χ0) is 24.9. The maximum Gasteiger partial charge on any atom is 0.435 e. The van der Waals surface area contributed by atoms with Gasteiger partial charge in [0, 0.05) is 24.7 Å². The molecule has 11 heteroatoms. The van der Waals surface area contributed by atoms with Crippen LogP contribution in [0.5, 0.6) is 5.75 Å². The summed E-state index contributed by atoms with van der Waals surface area (Å²) < 4.78 is 46.3. The Morgan fingerprint density at radius 2 is 1.82 bits per heavy atom. The Kier molecular flexibility index (Phi) is 7.57. The zero-order valence-corrected chi connectivity index (χ0v) is 18.5. The lowest BCUT2D eigenvalue weighted by molar-refractivity contribution is -0.141. The summed E-state index contributed by atoms with van der Waals surface area (Å²) in [6.45, 7) is 1.68. The maximum atomic E-state index is 13.4. The highest BCUT2D eigenvalue weighted by molar-refractivity contribution is 5.93. The van der Waals surface area contributed by atoms with Crippen LogP contribution in [-0.4, -0.2) is 34.7 Å². The Bertz CT molecular complexity index is 1170. The molecule has 2 amide bonds. The molecule has 8 nitrogen and oxygen atoms in total. The van der Waals surface area contributed by atoms with Crippen molar-refractivity contribution in [1.29, 1.82) is 0 Å². The number of ether oxygens (including phenoxy) is 1. The van der Waals surface area contributed by atoms with E-state index in [0.29, 0.717) is 22.9 Å². The largest absolute Gasteiger partial charge is 0.496 e. The van der Waals surface area contributed by atoms with Crippen molar-refractivity contribution in [3.63, 3.8) is 0 Å². The molecule has 180 valence electrons. The number of hydrogen-bond donors (Lipinski definition) is 3. The second-order valence-electron chi connectivity index (χ2n) is 7.50. The van der Waals surface area contributed by atoms with Crippen molar-refractivity contribution in [2.45, 2.75) is 32.2 Å². The van der Waals surface area contributed by atoms with Crippen molar-refractivity contribution in [2.75, 3.05) is 7.11 Å². The standard InChI is InChI=1S/C23H24F3N5O3/c1-14(27)21(32)28-12-15-6-5-8-17(10-15)31-18(11-20(30-31)23(24,25)26)22(33)29-13-16-7-3-4-9-19(16)34-2/h3-11,14H,12-13,27H2,1-2H3,(H,28,32)(H,29,33)/t14-/m0/s1. The Labute approximate surface area is 193 Å². The molecule has 1 aromatic heterocycles. The van der Waals surface area contributed by atoms with E-state index in [2.05, 4.69) is 15.7 Å². The van der Waals surface area contributed by atoms with Gasteiger partial charge in [-0.05, 0) is 30.7 Å². The van der Waals surface area contributed by atoms with Crippen LogP contribution in [0.15, 0.2) is 54.6 Å². The number of benzene rings is 2. The SMILES string of the molecule is COc1ccccc1CNC(=O)c1cc(C(F)(F)F)nn1-c1cccc(CNC(=O)[C@H](C)N)c1. The van der Waals surface area contributed by atoms with Gasteiger partial charge in [0.25, 0.3) is 5.91 Å². The van der Waals surface area contributed by atoms with Crippen LogP contribution in [0.1, 0.15) is 34.2 Å². The molecule has 34 heavy (non-hydrogen) atoms. The topological polar surface area (TPSA) is 111 Å². The number of aromatic nitrogens is 2. The van der Waals surface area contributed by atoms with E-state index in [1.807, 2.05) is 0 Å². The van der Waals surface area contributed by atoms with Gasteiger partial charge in [0.05, 0.1) is 18.8 Å². The first kappa shape index (κ1) is 24.8. The van der Waals surface area contributed by atoms with E-state index in [1.165, 1.54) is 26.2 Å². The number of alkyl halides is 3. The molecule has 0 aliphatic carbocycles. The lowest BCUT2D eigenvalue weighted by Crippen LogP contribution is -2.37. The number of halogens is 3. The average molecular weight is 475 g/mol. The van der Waals surface area contributed by atoms with Gasteiger partial charge < -0.3 is 21.1 Å². The van der Waals surface area contributed by atoms with Gasteiger partial charge in [0.1, 0.15) is 11.4 Å². The molecule has 0 fully saturated rings. The van der Waals surface area contributed by atoms with Crippen molar-refractivity contribution < 1.29 is 27.5 Å². The summed E-state index contributed by atoms with van der Waals surface area (Å²) in [7, 11) is 1.48. The molecule has 3 aromatic rings. The molecular formula is C23H24F3N5O3. The third-order valence-electron chi connectivity index (χ3n) is 4.90. The van der Waals surface area contributed by atoms with E-state index in [9.17, 15) is 22.8 Å². The number of nitrogens with one attached hydrogen (secondary N) is 2. The highest BCUT2D eigenvalue weighted by Crippen LogP contribution is 2.30. The first-order valence-corrected chi connectivity index (χ1v) is 10.3. The molecule has 0 aliphatic rings. The summed E-state index contributed by atoms with van der Waals surface area (Å²) in [6.07, 6.45) is -4.74. The third-order valence-corrected chi connectivity index (χ3v) is 4.90. The second kappa shape index (κ2) is 10.4. The summed E-state index contributed by atoms with van der Waals surface area (Å²) in [5.41, 5.74) is 5.51. The van der Waals surface area contributed by atoms with E-state index in [1.54, 1.807) is 36.4 Å². The molecule has 0 aliphatic heterocycles. The van der Waals surface area contributed by atoms with Crippen molar-refractivity contribution in [1.82, 2.24) is 20.4 Å². The summed E-state index contributed by atoms with van der Waals surface area (Å²) in [4.78, 5) is 24.6. The zero-order valence-electron chi connectivity index (χ0n) is 18.5. The fraction of sp³-hybridized carbons (Fsp3) is 0.261. The maximum absolute atomic E-state index is 13.4. The number of carbonyl (C=O) groups is 2. The molecule has 0 spiro atoms. The van der Waals surface area contributed by atoms with Crippen LogP contribution < -0.4 is 21.1 Å². The summed E-state index contributed by atoms with van der Waals surface area (Å²) >= 11 is 0. The second-order valence-corrected chi connectivity index (χ2v) is 7.50. The number of para-hydroxylation sites is 1. The lowest BCUT2D eigenvalue weighted by atomic mass is 10.2. The molecule has 0 unspecified atom stereocenters. The van der Waals surface area contributed by atoms with Crippen molar-refractivity contribution in [3.8, 4) is 11.4 Å². The quantitative estimate of drug-likeness (QED) is 0.464. The van der Waals surface area contributed by atoms with Crippen molar-refractivity contribution >= 4 is 11.8 Å². The van der Waals surface area contributed by atoms with E-state index in [0.717, 1.165) is 4.68 Å². The third kappa shape index (κ3) is 5.93. The fourth-order valence-electron chi connectivity index (χ4n) is 3.14. The number of rotatable bonds is 8. The van der Waals surface area contributed by atoms with Crippen LogP contribution >= 0.6 is 0 Å². The van der Waals surface area contributed by atoms with Crippen molar-refractivity contribution in [2.24, 2.45) is 5.73 Å². The van der Waals surface area contributed by atoms with Gasteiger partial charge in [-0.25, -0.2) is 4.68 Å². The number of methoxy groups -OCH3 is 1. The number of nitrogens with zero attached hydrogens (tertiary/aromatic N) is 2. The molecule has 3 rings (SSSR count). The van der Waals surface area contributed by atoms with E-state index in [4.69, 9.17) is 10.5 Å². The minimum Gasteiger partial charge on any atom is -0.496 e. The van der Waals surface area contributed by atoms with Crippen LogP contribution in [0.3, 0.4) is 0 Å². The average Bonchev–Trinajstić information content (AvgIpc) is 3.27. The summed E-state index contributed by atoms with van der Waals surface area (Å²) in [5.74, 6) is -0.585. The van der Waals surface area contributed by atoms with Gasteiger partial charge in [-0.3, -0.25) is 9.59 Å². The highest BCUT2D eigenvalue weighted by atomic mass is 19.4. The molecule has 2 aromatic carbocycles. The Morgan fingerprint density at radius 3 is 2.50 bits per heavy atom. The first-order chi connectivity index (χ1) is 16.1. The Morgan fingerprint density at radius 1 is 1.09 bits per heavy atom. The van der Waals surface area contributed by atoms with E-state index in [-0.39, 0.29) is 30.4 Å². The van der Waals surface area contributed by atoms with Crippen molar-refractivity contribution in [3.05, 3.63) is 77.1 Å².